The molecule has 0 saturated heterocycles. The van der Waals surface area contributed by atoms with Crippen molar-refractivity contribution in [2.24, 2.45) is 11.3 Å². The summed E-state index contributed by atoms with van der Waals surface area (Å²) in [6, 6.07) is 2.34. The molecule has 0 aliphatic heterocycles. The van der Waals surface area contributed by atoms with Gasteiger partial charge in [-0.25, -0.2) is 0 Å². The van der Waals surface area contributed by atoms with Gasteiger partial charge in [0.2, 0.25) is 0 Å². The summed E-state index contributed by atoms with van der Waals surface area (Å²) >= 11 is 0. The molecule has 2 heteroatoms. The van der Waals surface area contributed by atoms with Crippen LogP contribution in [-0.4, -0.2) is 13.1 Å². The van der Waals surface area contributed by atoms with E-state index in [1.54, 1.807) is 0 Å². The fraction of sp³-hybridized carbons (Fsp3) is 0.923. The Morgan fingerprint density at radius 2 is 1.93 bits per heavy atom. The topological polar surface area (TPSA) is 35.8 Å². The van der Waals surface area contributed by atoms with Gasteiger partial charge in [-0.2, -0.15) is 5.26 Å². The van der Waals surface area contributed by atoms with E-state index in [1.165, 1.54) is 32.1 Å². The van der Waals surface area contributed by atoms with Crippen molar-refractivity contribution in [1.29, 1.82) is 5.26 Å². The second-order valence-electron chi connectivity index (χ2n) is 5.45. The van der Waals surface area contributed by atoms with Gasteiger partial charge in [0.1, 0.15) is 0 Å². The highest BCUT2D eigenvalue weighted by Gasteiger charge is 2.16. The van der Waals surface area contributed by atoms with E-state index in [0.29, 0.717) is 0 Å². The highest BCUT2D eigenvalue weighted by Crippen LogP contribution is 2.23. The zero-order valence-electron chi connectivity index (χ0n) is 10.2. The van der Waals surface area contributed by atoms with E-state index < -0.39 is 0 Å². The summed E-state index contributed by atoms with van der Waals surface area (Å²) in [5.41, 5.74) is -0.167. The Balaban J connectivity index is 2.04. The second kappa shape index (κ2) is 6.12. The van der Waals surface area contributed by atoms with Crippen LogP contribution in [0.1, 0.15) is 52.4 Å². The van der Waals surface area contributed by atoms with Crippen molar-refractivity contribution >= 4 is 0 Å². The van der Waals surface area contributed by atoms with Gasteiger partial charge in [-0.1, -0.05) is 19.3 Å². The molecule has 15 heavy (non-hydrogen) atoms. The highest BCUT2D eigenvalue weighted by molar-refractivity contribution is 4.91. The maximum Gasteiger partial charge on any atom is 0.0684 e. The smallest absolute Gasteiger partial charge is 0.0684 e. The minimum atomic E-state index is -0.167. The van der Waals surface area contributed by atoms with Crippen LogP contribution >= 0.6 is 0 Å². The van der Waals surface area contributed by atoms with Crippen molar-refractivity contribution in [3.8, 4) is 6.07 Å². The normalized spacial score (nSPS) is 18.7. The first-order valence-electron chi connectivity index (χ1n) is 6.26. The fourth-order valence-electron chi connectivity index (χ4n) is 2.15. The third-order valence-electron chi connectivity index (χ3n) is 3.39. The molecule has 0 bridgehead atoms. The second-order valence-corrected chi connectivity index (χ2v) is 5.45. The molecule has 1 aliphatic rings. The Kier molecular flexibility index (Phi) is 5.11. The monoisotopic (exact) mass is 208 g/mol. The average molecular weight is 208 g/mol. The average Bonchev–Trinajstić information content (AvgIpc) is 2.26. The van der Waals surface area contributed by atoms with Crippen LogP contribution in [0.15, 0.2) is 0 Å². The van der Waals surface area contributed by atoms with E-state index in [2.05, 4.69) is 11.4 Å². The zero-order chi connectivity index (χ0) is 11.1. The lowest BCUT2D eigenvalue weighted by Crippen LogP contribution is -2.27. The van der Waals surface area contributed by atoms with Crippen LogP contribution in [-0.2, 0) is 0 Å². The van der Waals surface area contributed by atoms with Crippen molar-refractivity contribution in [3.05, 3.63) is 0 Å². The van der Waals surface area contributed by atoms with Crippen LogP contribution in [0.25, 0.3) is 0 Å². The van der Waals surface area contributed by atoms with E-state index in [1.807, 2.05) is 13.8 Å². The highest BCUT2D eigenvalue weighted by atomic mass is 14.9. The number of rotatable bonds is 5. The molecule has 0 aromatic carbocycles. The van der Waals surface area contributed by atoms with Crippen LogP contribution in [0.3, 0.4) is 0 Å². The van der Waals surface area contributed by atoms with Crippen molar-refractivity contribution in [2.45, 2.75) is 52.4 Å². The minimum Gasteiger partial charge on any atom is -0.316 e. The predicted octanol–water partition coefficient (Wildman–Crippen LogP) is 3.10. The third kappa shape index (κ3) is 5.18. The first kappa shape index (κ1) is 12.5. The Morgan fingerprint density at radius 3 is 2.53 bits per heavy atom. The first-order chi connectivity index (χ1) is 7.14. The molecule has 1 N–H and O–H groups in total. The summed E-state index contributed by atoms with van der Waals surface area (Å²) in [5, 5.41) is 12.4. The van der Waals surface area contributed by atoms with Gasteiger partial charge in [0.25, 0.3) is 0 Å². The van der Waals surface area contributed by atoms with Gasteiger partial charge >= 0.3 is 0 Å². The van der Waals surface area contributed by atoms with Gasteiger partial charge in [-0.15, -0.1) is 0 Å². The largest absolute Gasteiger partial charge is 0.316 e. The van der Waals surface area contributed by atoms with E-state index in [-0.39, 0.29) is 5.41 Å². The van der Waals surface area contributed by atoms with E-state index in [4.69, 9.17) is 5.26 Å². The Labute approximate surface area is 94.1 Å². The molecule has 0 spiro atoms. The van der Waals surface area contributed by atoms with Gasteiger partial charge in [0, 0.05) is 0 Å². The maximum absolute atomic E-state index is 8.86. The van der Waals surface area contributed by atoms with Gasteiger partial charge in [0.05, 0.1) is 11.5 Å². The van der Waals surface area contributed by atoms with Crippen molar-refractivity contribution < 1.29 is 0 Å². The van der Waals surface area contributed by atoms with Gasteiger partial charge < -0.3 is 5.32 Å². The van der Waals surface area contributed by atoms with Crippen LogP contribution in [0.4, 0.5) is 0 Å². The molecule has 86 valence electrons. The van der Waals surface area contributed by atoms with Gasteiger partial charge in [-0.05, 0) is 52.1 Å². The van der Waals surface area contributed by atoms with Crippen LogP contribution in [0.2, 0.25) is 0 Å². The Hall–Kier alpha value is -0.550. The summed E-state index contributed by atoms with van der Waals surface area (Å²) in [5.74, 6) is 0.893. The SMILES string of the molecule is CC(C)(C#N)CCNCC1CCCCC1. The van der Waals surface area contributed by atoms with Crippen LogP contribution < -0.4 is 5.32 Å². The zero-order valence-corrected chi connectivity index (χ0v) is 10.2. The molecular formula is C13H24N2. The number of nitriles is 1. The molecular weight excluding hydrogens is 184 g/mol. The van der Waals surface area contributed by atoms with Crippen molar-refractivity contribution in [3.63, 3.8) is 0 Å². The number of nitrogens with one attached hydrogen (secondary N) is 1. The first-order valence-corrected chi connectivity index (χ1v) is 6.26. The van der Waals surface area contributed by atoms with E-state index in [9.17, 15) is 0 Å². The van der Waals surface area contributed by atoms with Gasteiger partial charge in [0.15, 0.2) is 0 Å². The molecule has 1 fully saturated rings. The molecule has 2 nitrogen and oxygen atoms in total. The number of nitrogens with zero attached hydrogens (tertiary/aromatic N) is 1. The predicted molar refractivity (Wildman–Crippen MR) is 63.5 cm³/mol. The molecule has 0 heterocycles. The summed E-state index contributed by atoms with van der Waals surface area (Å²) in [7, 11) is 0. The van der Waals surface area contributed by atoms with E-state index >= 15 is 0 Å². The molecule has 0 aromatic heterocycles. The van der Waals surface area contributed by atoms with Crippen molar-refractivity contribution in [1.82, 2.24) is 5.32 Å². The lowest BCUT2D eigenvalue weighted by atomic mass is 9.88. The Bertz CT molecular complexity index is 209. The molecule has 0 unspecified atom stereocenters. The fourth-order valence-corrected chi connectivity index (χ4v) is 2.15. The summed E-state index contributed by atoms with van der Waals surface area (Å²) < 4.78 is 0. The van der Waals surface area contributed by atoms with E-state index in [0.717, 1.165) is 25.4 Å². The summed E-state index contributed by atoms with van der Waals surface area (Å²) in [6.45, 7) is 6.16. The number of hydrogen-bond donors (Lipinski definition) is 1. The molecule has 0 atom stereocenters. The maximum atomic E-state index is 8.86. The van der Waals surface area contributed by atoms with Gasteiger partial charge in [-0.3, -0.25) is 0 Å². The lowest BCUT2D eigenvalue weighted by molar-refractivity contribution is 0.333. The van der Waals surface area contributed by atoms with Crippen molar-refractivity contribution in [2.75, 3.05) is 13.1 Å². The molecule has 0 radical (unpaired) electrons. The standard InChI is InChI=1S/C13H24N2/c1-13(2,11-14)8-9-15-10-12-6-4-3-5-7-12/h12,15H,3-10H2,1-2H3. The molecule has 1 saturated carbocycles. The van der Waals surface area contributed by atoms with Crippen LogP contribution in [0.5, 0.6) is 0 Å². The summed E-state index contributed by atoms with van der Waals surface area (Å²) in [4.78, 5) is 0. The molecule has 1 rings (SSSR count). The number of hydrogen-bond acceptors (Lipinski definition) is 2. The molecule has 0 amide bonds. The minimum absolute atomic E-state index is 0.167. The quantitative estimate of drug-likeness (QED) is 0.705. The third-order valence-corrected chi connectivity index (χ3v) is 3.39. The summed E-state index contributed by atoms with van der Waals surface area (Å²) in [6.07, 6.45) is 8.00. The Morgan fingerprint density at radius 1 is 1.27 bits per heavy atom. The van der Waals surface area contributed by atoms with Crippen LogP contribution in [0, 0.1) is 22.7 Å². The lowest BCUT2D eigenvalue weighted by Gasteiger charge is -2.22. The molecule has 0 aromatic rings. The molecule has 1 aliphatic carbocycles.